The van der Waals surface area contributed by atoms with Crippen molar-refractivity contribution < 1.29 is 24.2 Å². The van der Waals surface area contributed by atoms with Crippen molar-refractivity contribution >= 4 is 41.5 Å². The third-order valence-electron chi connectivity index (χ3n) is 12.7. The molecule has 7 rings (SSSR count). The van der Waals surface area contributed by atoms with Crippen LogP contribution in [0.4, 0.5) is 0 Å². The number of hydrogen-bond donors (Lipinski definition) is 0. The van der Waals surface area contributed by atoms with Crippen LogP contribution in [-0.2, 0) is 41.5 Å². The first kappa shape index (κ1) is 49.3. The molecule has 0 saturated heterocycles. The van der Waals surface area contributed by atoms with E-state index in [1.54, 1.807) is 10.4 Å². The van der Waals surface area contributed by atoms with Crippen LogP contribution in [-0.4, -0.2) is 20.4 Å². The van der Waals surface area contributed by atoms with E-state index in [0.29, 0.717) is 0 Å². The maximum atomic E-state index is 3.67. The first-order chi connectivity index (χ1) is 27.7. The molecule has 0 bridgehead atoms. The van der Waals surface area contributed by atoms with E-state index in [0.717, 1.165) is 6.42 Å². The molecule has 308 valence electrons. The molecule has 6 aromatic carbocycles. The maximum absolute atomic E-state index is 3.67. The van der Waals surface area contributed by atoms with Crippen molar-refractivity contribution in [1.82, 2.24) is 0 Å². The van der Waals surface area contributed by atoms with Crippen LogP contribution >= 0.6 is 0 Å². The molecule has 0 aromatic heterocycles. The number of fused-ring (bicyclic) bond motifs is 4. The Hall–Kier alpha value is -3.10. The monoisotopic (exact) mass is 878 g/mol. The molecule has 0 radical (unpaired) electrons. The summed E-state index contributed by atoms with van der Waals surface area (Å²) >= 11 is 1.30. The molecule has 0 heterocycles. The fourth-order valence-electron chi connectivity index (χ4n) is 8.30. The average molecular weight is 881 g/mol. The van der Waals surface area contributed by atoms with Crippen molar-refractivity contribution in [3.8, 4) is 11.1 Å². The SMILES string of the molecule is CC(C)(C)c1[c-]c2c(cc1)-c1ccc(C(C)(C)C)cc1C2.CC[Si](CC)(CC)c1cc[c-]cc1.CC[Si](CC)(CC)c1cc[c-]cc1.[CH2]=[Zr].c1ccc2[cH-]ccc2c1. The number of hydrogen-bond acceptors (Lipinski definition) is 0. The molecule has 0 saturated carbocycles. The van der Waals surface area contributed by atoms with Crippen LogP contribution < -0.4 is 10.4 Å². The van der Waals surface area contributed by atoms with Crippen LogP contribution in [0.25, 0.3) is 21.9 Å². The minimum absolute atomic E-state index is 0.167. The van der Waals surface area contributed by atoms with E-state index in [-0.39, 0.29) is 10.8 Å². The topological polar surface area (TPSA) is 0 Å². The molecule has 6 aromatic rings. The summed E-state index contributed by atoms with van der Waals surface area (Å²) in [5.41, 5.74) is 8.70. The predicted molar refractivity (Wildman–Crippen MR) is 262 cm³/mol. The molecule has 0 nitrogen and oxygen atoms in total. The molecule has 3 heteroatoms. The van der Waals surface area contributed by atoms with Crippen LogP contribution in [0.5, 0.6) is 0 Å². The molecule has 1 aliphatic rings. The van der Waals surface area contributed by atoms with Gasteiger partial charge in [0.1, 0.15) is 0 Å². The van der Waals surface area contributed by atoms with E-state index in [2.05, 4.69) is 227 Å². The summed E-state index contributed by atoms with van der Waals surface area (Å²) in [5, 5.41) is 5.88. The van der Waals surface area contributed by atoms with Gasteiger partial charge in [0.15, 0.2) is 0 Å². The van der Waals surface area contributed by atoms with Gasteiger partial charge in [-0.2, -0.15) is 112 Å². The number of rotatable bonds is 8. The Morgan fingerprint density at radius 3 is 1.52 bits per heavy atom. The van der Waals surface area contributed by atoms with Crippen molar-refractivity contribution in [2.45, 2.75) is 137 Å². The van der Waals surface area contributed by atoms with Crippen LogP contribution in [0.2, 0.25) is 36.3 Å². The molecule has 58 heavy (non-hydrogen) atoms. The van der Waals surface area contributed by atoms with Crippen molar-refractivity contribution in [3.63, 3.8) is 0 Å². The molecule has 0 N–H and O–H groups in total. The van der Waals surface area contributed by atoms with Gasteiger partial charge in [0, 0.05) is 0 Å². The van der Waals surface area contributed by atoms with Crippen molar-refractivity contribution in [3.05, 3.63) is 162 Å². The second-order valence-electron chi connectivity index (χ2n) is 17.7. The predicted octanol–water partition coefficient (Wildman–Crippen LogP) is 14.6. The van der Waals surface area contributed by atoms with Gasteiger partial charge in [0.2, 0.25) is 0 Å². The zero-order valence-corrected chi connectivity index (χ0v) is 42.7. The van der Waals surface area contributed by atoms with Gasteiger partial charge in [-0.1, -0.05) is 149 Å². The van der Waals surface area contributed by atoms with Crippen molar-refractivity contribution in [2.75, 3.05) is 0 Å². The Balaban J connectivity index is 0.000000213. The first-order valence-electron chi connectivity index (χ1n) is 21.8. The van der Waals surface area contributed by atoms with Gasteiger partial charge >= 0.3 is 28.4 Å². The van der Waals surface area contributed by atoms with E-state index in [9.17, 15) is 0 Å². The second-order valence-corrected chi connectivity index (χ2v) is 28.2. The standard InChI is InChI=1S/C21H25.2C12H19Si.C9H7.CH2.Zr/c1-20(2,3)16-7-9-18-14(12-16)11-15-13-17(21(4,5)6)8-10-19(15)18;2*1-4-13(5-2,6-3)12-10-8-7-9-11-12;1-2-5-9-7-3-6-8(9)4-1;;/h7-10,12H,11H2,1-6H3;2*8-11H,4-6H2,1-3H3;1-7H;1H2;/q4*-1;;. The summed E-state index contributed by atoms with van der Waals surface area (Å²) in [4.78, 5) is 0. The smallest absolute Gasteiger partial charge is 0.0809 e. The first-order valence-corrected chi connectivity index (χ1v) is 28.8. The summed E-state index contributed by atoms with van der Waals surface area (Å²) in [6.45, 7) is 27.7. The fourth-order valence-corrected chi connectivity index (χ4v) is 15.5. The van der Waals surface area contributed by atoms with Crippen molar-refractivity contribution in [1.29, 1.82) is 0 Å². The van der Waals surface area contributed by atoms with Crippen LogP contribution in [0, 0.1) is 18.2 Å². The Morgan fingerprint density at radius 2 is 1.07 bits per heavy atom. The Morgan fingerprint density at radius 1 is 0.586 bits per heavy atom. The van der Waals surface area contributed by atoms with Crippen LogP contribution in [0.3, 0.4) is 0 Å². The van der Waals surface area contributed by atoms with Crippen LogP contribution in [0.15, 0.2) is 121 Å². The molecule has 0 unspecified atom stereocenters. The second kappa shape index (κ2) is 23.0. The zero-order valence-electron chi connectivity index (χ0n) is 38.2. The third-order valence-corrected chi connectivity index (χ3v) is 24.0. The maximum Gasteiger partial charge on any atom is -0.0809 e. The Bertz CT molecular complexity index is 1910. The van der Waals surface area contributed by atoms with Gasteiger partial charge in [-0.3, -0.25) is 0 Å². The molecule has 0 fully saturated rings. The Labute approximate surface area is 372 Å². The third kappa shape index (κ3) is 12.7. The zero-order chi connectivity index (χ0) is 43.0. The fraction of sp³-hybridized carbons (Fsp3) is 0.382. The average Bonchev–Trinajstić information content (AvgIpc) is 3.89. The van der Waals surface area contributed by atoms with E-state index in [4.69, 9.17) is 0 Å². The van der Waals surface area contributed by atoms with Gasteiger partial charge < -0.3 is 0 Å². The van der Waals surface area contributed by atoms with Gasteiger partial charge in [-0.25, -0.2) is 0 Å². The molecule has 0 aliphatic heterocycles. The molecular formula is C55H72Si2Zr-4. The summed E-state index contributed by atoms with van der Waals surface area (Å²) < 4.78 is 3.34. The van der Waals surface area contributed by atoms with Crippen LogP contribution in [0.1, 0.15) is 105 Å². The Kier molecular flexibility index (Phi) is 19.6. The summed E-state index contributed by atoms with van der Waals surface area (Å²) in [5.74, 6) is 0. The largest absolute Gasteiger partial charge is 0.168 e. The molecule has 0 atom stereocenters. The minimum Gasteiger partial charge on any atom is -0.168 e. The summed E-state index contributed by atoms with van der Waals surface area (Å²) in [6, 6.07) is 61.5. The number of benzene rings is 5. The van der Waals surface area contributed by atoms with Crippen molar-refractivity contribution in [2.24, 2.45) is 0 Å². The summed E-state index contributed by atoms with van der Waals surface area (Å²) in [6.07, 6.45) is 1.03. The summed E-state index contributed by atoms with van der Waals surface area (Å²) in [7, 11) is -2.23. The van der Waals surface area contributed by atoms with Gasteiger partial charge in [-0.05, 0) is 28.4 Å². The minimum atomic E-state index is -1.11. The molecule has 0 spiro atoms. The normalized spacial score (nSPS) is 11.9. The van der Waals surface area contributed by atoms with Gasteiger partial charge in [0.05, 0.1) is 16.1 Å². The molecule has 0 amide bonds. The molecular weight excluding hydrogens is 808 g/mol. The van der Waals surface area contributed by atoms with E-state index >= 15 is 0 Å². The van der Waals surface area contributed by atoms with E-state index in [1.165, 1.54) is 105 Å². The quantitative estimate of drug-likeness (QED) is 0.105. The molecule has 1 aliphatic carbocycles. The van der Waals surface area contributed by atoms with E-state index in [1.807, 2.05) is 0 Å². The van der Waals surface area contributed by atoms with Gasteiger partial charge in [0.25, 0.3) is 0 Å². The van der Waals surface area contributed by atoms with Gasteiger partial charge in [-0.15, -0.1) is 40.8 Å². The van der Waals surface area contributed by atoms with E-state index < -0.39 is 16.1 Å².